The van der Waals surface area contributed by atoms with Gasteiger partial charge in [-0.2, -0.15) is 26.3 Å². The summed E-state index contributed by atoms with van der Waals surface area (Å²) in [5.74, 6) is -0.996. The highest BCUT2D eigenvalue weighted by Crippen LogP contribution is 2.56. The molecule has 85 heavy (non-hydrogen) atoms. The molecule has 0 aliphatic rings. The summed E-state index contributed by atoms with van der Waals surface area (Å²) >= 11 is 0.721. The van der Waals surface area contributed by atoms with Crippen molar-refractivity contribution in [2.24, 2.45) is 0 Å². The summed E-state index contributed by atoms with van der Waals surface area (Å²) in [5.41, 5.74) is 0.322. The number of ketones is 4. The lowest BCUT2D eigenvalue weighted by Crippen LogP contribution is -2.54. The number of hydrogen-bond acceptors (Lipinski definition) is 11. The number of aromatic nitrogens is 1. The topological polar surface area (TPSA) is 138 Å². The lowest BCUT2D eigenvalue weighted by atomic mass is 9.73. The van der Waals surface area contributed by atoms with Crippen molar-refractivity contribution < 1.29 is 69.6 Å². The highest BCUT2D eigenvalue weighted by Gasteiger charge is 2.72. The van der Waals surface area contributed by atoms with E-state index in [1.807, 2.05) is 19.1 Å². The average molecular weight is 1170 g/mol. The van der Waals surface area contributed by atoms with Gasteiger partial charge in [0.15, 0.2) is 23.1 Å². The Kier molecular flexibility index (Phi) is 16.9. The SMILES string of the molecule is Cc1ccc(C(=O)c2ccc(Oc3ccc(C(c4ccc(Oc5ccc(C(=O)c6ccc(-c7ccc(-c8ccc(C)c(C(=O)c9cccc(SOOO)c9)c8)c(C(=O)c8ccncc8)c7)cc6)cc5)cc4)(C(F)(F)F)C(F)(F)F)cc3)cc2)cc1. The van der Waals surface area contributed by atoms with E-state index in [2.05, 4.69) is 14.4 Å². The fourth-order valence-corrected chi connectivity index (χ4v) is 10.2. The predicted molar refractivity (Wildman–Crippen MR) is 307 cm³/mol. The zero-order chi connectivity index (χ0) is 60.0. The van der Waals surface area contributed by atoms with E-state index < -0.39 is 28.9 Å². The molecule has 1 aromatic heterocycles. The quantitative estimate of drug-likeness (QED) is 0.0272. The van der Waals surface area contributed by atoms with E-state index in [0.29, 0.717) is 95.9 Å². The van der Waals surface area contributed by atoms with Gasteiger partial charge in [0.1, 0.15) is 23.0 Å². The largest absolute Gasteiger partial charge is 0.457 e. The first-order chi connectivity index (χ1) is 40.8. The lowest BCUT2D eigenvalue weighted by molar-refractivity contribution is -0.432. The van der Waals surface area contributed by atoms with Crippen molar-refractivity contribution >= 4 is 35.2 Å². The van der Waals surface area contributed by atoms with Gasteiger partial charge in [0, 0.05) is 61.8 Å². The highest BCUT2D eigenvalue weighted by atomic mass is 32.2. The Morgan fingerprint density at radius 1 is 0.424 bits per heavy atom. The summed E-state index contributed by atoms with van der Waals surface area (Å²) < 4.78 is 107. The molecule has 0 atom stereocenters. The van der Waals surface area contributed by atoms with Crippen LogP contribution in [0.4, 0.5) is 26.3 Å². The number of pyridine rings is 1. The maximum atomic E-state index is 15.1. The van der Waals surface area contributed by atoms with Crippen molar-refractivity contribution in [3.05, 3.63) is 298 Å². The van der Waals surface area contributed by atoms with Gasteiger partial charge in [0.05, 0.1) is 12.0 Å². The van der Waals surface area contributed by atoms with Crippen LogP contribution in [0.5, 0.6) is 23.0 Å². The van der Waals surface area contributed by atoms with E-state index in [-0.39, 0.29) is 51.7 Å². The van der Waals surface area contributed by atoms with Crippen LogP contribution in [-0.4, -0.2) is 45.7 Å². The molecule has 0 amide bonds. The molecule has 0 aliphatic heterocycles. The van der Waals surface area contributed by atoms with E-state index in [1.165, 1.54) is 60.9 Å². The molecule has 0 unspecified atom stereocenters. The van der Waals surface area contributed by atoms with Crippen LogP contribution in [0.2, 0.25) is 0 Å². The van der Waals surface area contributed by atoms with Gasteiger partial charge in [-0.05, 0) is 162 Å². The summed E-state index contributed by atoms with van der Waals surface area (Å²) in [4.78, 5) is 59.4. The molecule has 10 nitrogen and oxygen atoms in total. The first-order valence-corrected chi connectivity index (χ1v) is 26.7. The summed E-state index contributed by atoms with van der Waals surface area (Å²) in [6.07, 6.45) is -8.70. The minimum absolute atomic E-state index is 0.0461. The van der Waals surface area contributed by atoms with Gasteiger partial charge in [-0.3, -0.25) is 24.2 Å². The number of aryl methyl sites for hydroxylation is 2. The Bertz CT molecular complexity index is 4070. The number of nitrogens with zero attached hydrogens (tertiary/aromatic N) is 1. The molecule has 1 N–H and O–H groups in total. The van der Waals surface area contributed by atoms with E-state index in [1.54, 1.807) is 116 Å². The van der Waals surface area contributed by atoms with Crippen molar-refractivity contribution in [1.82, 2.24) is 4.98 Å². The van der Waals surface area contributed by atoms with Crippen LogP contribution in [0.3, 0.4) is 0 Å². The standard InChI is InChI=1S/C68H45F6NO9S/c1-41-6-9-44(10-7-41)62(76)46-16-25-54(26-17-46)81-56-29-21-52(22-30-56)66(67(69,70)71,68(72,73)74)53-23-31-57(32-24-53)82-55-27-18-47(19-28-55)63(77)45-14-12-43(13-15-45)49-20-33-59(61(39-49)64(78)48-34-36-75-37-35-48)50-11-8-42(2)60(40-50)65(79)51-4-3-5-58(38-51)85-84-83-80/h3-40,80H,1-2H3. The van der Waals surface area contributed by atoms with Gasteiger partial charge in [0.25, 0.3) is 0 Å². The summed E-state index contributed by atoms with van der Waals surface area (Å²) in [5, 5.41) is 12.3. The second kappa shape index (κ2) is 24.6. The third kappa shape index (κ3) is 12.5. The normalized spacial score (nSPS) is 11.7. The number of carbonyl (C=O) groups excluding carboxylic acids is 4. The minimum Gasteiger partial charge on any atom is -0.457 e. The number of benzene rings is 9. The minimum atomic E-state index is -5.86. The highest BCUT2D eigenvalue weighted by molar-refractivity contribution is 7.94. The third-order valence-electron chi connectivity index (χ3n) is 14.2. The number of carbonyl (C=O) groups is 4. The number of hydrogen-bond donors (Lipinski definition) is 1. The van der Waals surface area contributed by atoms with Crippen LogP contribution in [0, 0.1) is 13.8 Å². The first-order valence-electron chi connectivity index (χ1n) is 26.0. The predicted octanol–water partition coefficient (Wildman–Crippen LogP) is 17.4. The molecule has 0 radical (unpaired) electrons. The Balaban J connectivity index is 0.833. The van der Waals surface area contributed by atoms with E-state index in [4.69, 9.17) is 14.7 Å². The van der Waals surface area contributed by atoms with Gasteiger partial charge in [0.2, 0.25) is 5.41 Å². The molecule has 0 aliphatic carbocycles. The molecule has 9 aromatic carbocycles. The second-order valence-electron chi connectivity index (χ2n) is 19.6. The Morgan fingerprint density at radius 3 is 1.34 bits per heavy atom. The zero-order valence-electron chi connectivity index (χ0n) is 44.8. The van der Waals surface area contributed by atoms with Crippen LogP contribution < -0.4 is 9.47 Å². The molecule has 0 fully saturated rings. The van der Waals surface area contributed by atoms with Crippen LogP contribution in [0.25, 0.3) is 22.3 Å². The molecule has 1 heterocycles. The van der Waals surface area contributed by atoms with E-state index in [9.17, 15) is 19.2 Å². The fraction of sp³-hybridized carbons (Fsp3) is 0.0735. The summed E-state index contributed by atoms with van der Waals surface area (Å²) in [6, 6.07) is 52.8. The Hall–Kier alpha value is -9.78. The molecule has 0 saturated heterocycles. The van der Waals surface area contributed by atoms with Crippen molar-refractivity contribution in [3.63, 3.8) is 0 Å². The second-order valence-corrected chi connectivity index (χ2v) is 20.4. The van der Waals surface area contributed by atoms with E-state index >= 15 is 26.3 Å². The van der Waals surface area contributed by atoms with Gasteiger partial charge in [-0.15, -0.1) is 4.33 Å². The maximum Gasteiger partial charge on any atom is 0.411 e. The van der Waals surface area contributed by atoms with Crippen molar-refractivity contribution in [2.45, 2.75) is 36.5 Å². The lowest BCUT2D eigenvalue weighted by Gasteiger charge is -2.38. The number of rotatable bonds is 19. The van der Waals surface area contributed by atoms with Crippen molar-refractivity contribution in [2.75, 3.05) is 0 Å². The smallest absolute Gasteiger partial charge is 0.411 e. The van der Waals surface area contributed by atoms with Crippen LogP contribution in [0.1, 0.15) is 85.9 Å². The number of ether oxygens (including phenoxy) is 2. The van der Waals surface area contributed by atoms with Gasteiger partial charge < -0.3 is 9.47 Å². The zero-order valence-corrected chi connectivity index (χ0v) is 45.6. The van der Waals surface area contributed by atoms with E-state index in [0.717, 1.165) is 41.9 Å². The monoisotopic (exact) mass is 1170 g/mol. The molecule has 0 saturated carbocycles. The fourth-order valence-electron chi connectivity index (χ4n) is 9.76. The van der Waals surface area contributed by atoms with Crippen molar-refractivity contribution in [1.29, 1.82) is 0 Å². The molecule has 10 aromatic rings. The van der Waals surface area contributed by atoms with Gasteiger partial charge in [-0.1, -0.05) is 120 Å². The Morgan fingerprint density at radius 2 is 0.847 bits per heavy atom. The number of alkyl halides is 6. The Labute approximate surface area is 487 Å². The van der Waals surface area contributed by atoms with Gasteiger partial charge >= 0.3 is 12.4 Å². The molecular formula is C68H45F6NO9S. The summed E-state index contributed by atoms with van der Waals surface area (Å²) in [7, 11) is 0. The molecule has 0 spiro atoms. The van der Waals surface area contributed by atoms with Gasteiger partial charge in [-0.25, -0.2) is 5.26 Å². The van der Waals surface area contributed by atoms with Crippen LogP contribution >= 0.6 is 12.0 Å². The number of halogens is 6. The average Bonchev–Trinajstić information content (AvgIpc) is 0.906. The molecular weight excluding hydrogens is 1120 g/mol. The third-order valence-corrected chi connectivity index (χ3v) is 14.8. The molecule has 424 valence electrons. The molecule has 0 bridgehead atoms. The summed E-state index contributed by atoms with van der Waals surface area (Å²) in [6.45, 7) is 3.69. The van der Waals surface area contributed by atoms with Crippen LogP contribution in [0.15, 0.2) is 236 Å². The molecule has 17 heteroatoms. The molecule has 10 rings (SSSR count). The maximum absolute atomic E-state index is 15.1. The van der Waals surface area contributed by atoms with Crippen LogP contribution in [-0.2, 0) is 14.8 Å². The van der Waals surface area contributed by atoms with Crippen molar-refractivity contribution in [3.8, 4) is 45.3 Å². The first kappa shape index (κ1) is 58.4.